The highest BCUT2D eigenvalue weighted by Crippen LogP contribution is 2.24. The van der Waals surface area contributed by atoms with Gasteiger partial charge in [-0.25, -0.2) is 0 Å². The second kappa shape index (κ2) is 5.59. The van der Waals surface area contributed by atoms with Gasteiger partial charge in [0.15, 0.2) is 0 Å². The summed E-state index contributed by atoms with van der Waals surface area (Å²) in [6.45, 7) is 2.79. The van der Waals surface area contributed by atoms with Crippen molar-refractivity contribution in [1.29, 1.82) is 0 Å². The van der Waals surface area contributed by atoms with Crippen molar-refractivity contribution in [1.82, 2.24) is 9.97 Å². The van der Waals surface area contributed by atoms with Gasteiger partial charge in [0.25, 0.3) is 0 Å². The zero-order chi connectivity index (χ0) is 13.9. The van der Waals surface area contributed by atoms with E-state index < -0.39 is 0 Å². The number of para-hydroxylation sites is 1. The SMILES string of the molecule is Cc1cncc(CNc2cccc3cc(Br)cnc23)c1. The number of pyridine rings is 2. The van der Waals surface area contributed by atoms with Crippen molar-refractivity contribution in [3.8, 4) is 0 Å². The van der Waals surface area contributed by atoms with E-state index in [1.165, 1.54) is 11.1 Å². The molecular weight excluding hydrogens is 314 g/mol. The second-order valence-electron chi connectivity index (χ2n) is 4.75. The number of nitrogens with zero attached hydrogens (tertiary/aromatic N) is 2. The summed E-state index contributed by atoms with van der Waals surface area (Å²) in [6, 6.07) is 10.4. The largest absolute Gasteiger partial charge is 0.379 e. The normalized spacial score (nSPS) is 10.7. The molecule has 2 heterocycles. The Hall–Kier alpha value is -1.94. The maximum Gasteiger partial charge on any atom is 0.0934 e. The van der Waals surface area contributed by atoms with Crippen LogP contribution in [-0.4, -0.2) is 9.97 Å². The molecule has 0 unspecified atom stereocenters. The molecule has 0 aliphatic heterocycles. The Balaban J connectivity index is 1.87. The van der Waals surface area contributed by atoms with Crippen LogP contribution in [0.2, 0.25) is 0 Å². The summed E-state index contributed by atoms with van der Waals surface area (Å²) in [6.07, 6.45) is 5.57. The molecule has 0 aliphatic carbocycles. The van der Waals surface area contributed by atoms with E-state index >= 15 is 0 Å². The number of benzene rings is 1. The highest BCUT2D eigenvalue weighted by Gasteiger charge is 2.03. The zero-order valence-corrected chi connectivity index (χ0v) is 12.7. The Morgan fingerprint density at radius 1 is 1.15 bits per heavy atom. The number of halogens is 1. The molecule has 3 aromatic rings. The third kappa shape index (κ3) is 2.80. The van der Waals surface area contributed by atoms with Crippen LogP contribution in [0.3, 0.4) is 0 Å². The fraction of sp³-hybridized carbons (Fsp3) is 0.125. The summed E-state index contributed by atoms with van der Waals surface area (Å²) >= 11 is 3.45. The minimum Gasteiger partial charge on any atom is -0.379 e. The maximum absolute atomic E-state index is 4.49. The highest BCUT2D eigenvalue weighted by atomic mass is 79.9. The molecule has 0 fully saturated rings. The Morgan fingerprint density at radius 3 is 2.90 bits per heavy atom. The first-order valence-corrected chi connectivity index (χ1v) is 7.20. The van der Waals surface area contributed by atoms with Crippen LogP contribution in [0.5, 0.6) is 0 Å². The van der Waals surface area contributed by atoms with Gasteiger partial charge in [0.1, 0.15) is 0 Å². The number of nitrogens with one attached hydrogen (secondary N) is 1. The summed E-state index contributed by atoms with van der Waals surface area (Å²) < 4.78 is 0.991. The molecule has 0 radical (unpaired) electrons. The van der Waals surface area contributed by atoms with E-state index in [0.717, 1.165) is 27.6 Å². The molecule has 1 aromatic carbocycles. The molecule has 0 amide bonds. The van der Waals surface area contributed by atoms with Crippen molar-refractivity contribution < 1.29 is 0 Å². The fourth-order valence-electron chi connectivity index (χ4n) is 2.19. The molecule has 0 atom stereocenters. The molecule has 4 heteroatoms. The van der Waals surface area contributed by atoms with Crippen LogP contribution in [0.25, 0.3) is 10.9 Å². The zero-order valence-electron chi connectivity index (χ0n) is 11.1. The van der Waals surface area contributed by atoms with E-state index in [2.05, 4.69) is 49.4 Å². The van der Waals surface area contributed by atoms with Gasteiger partial charge in [0.05, 0.1) is 11.2 Å². The number of rotatable bonds is 3. The van der Waals surface area contributed by atoms with Gasteiger partial charge in [-0.3, -0.25) is 9.97 Å². The van der Waals surface area contributed by atoms with E-state index in [-0.39, 0.29) is 0 Å². The summed E-state index contributed by atoms with van der Waals surface area (Å²) in [5.74, 6) is 0. The Labute approximate surface area is 126 Å². The molecule has 3 rings (SSSR count). The lowest BCUT2D eigenvalue weighted by Crippen LogP contribution is -2.01. The van der Waals surface area contributed by atoms with E-state index in [9.17, 15) is 0 Å². The van der Waals surface area contributed by atoms with Crippen molar-refractivity contribution in [3.63, 3.8) is 0 Å². The first-order valence-electron chi connectivity index (χ1n) is 6.41. The lowest BCUT2D eigenvalue weighted by atomic mass is 10.1. The second-order valence-corrected chi connectivity index (χ2v) is 5.67. The number of aromatic nitrogens is 2. The molecule has 1 N–H and O–H groups in total. The van der Waals surface area contributed by atoms with Crippen LogP contribution in [0.15, 0.2) is 53.4 Å². The van der Waals surface area contributed by atoms with Gasteiger partial charge in [-0.2, -0.15) is 0 Å². The maximum atomic E-state index is 4.49. The lowest BCUT2D eigenvalue weighted by Gasteiger charge is -2.09. The Kier molecular flexibility index (Phi) is 3.65. The summed E-state index contributed by atoms with van der Waals surface area (Å²) in [7, 11) is 0. The average Bonchev–Trinajstić information content (AvgIpc) is 2.44. The Bertz CT molecular complexity index is 756. The van der Waals surface area contributed by atoms with Gasteiger partial charge >= 0.3 is 0 Å². The van der Waals surface area contributed by atoms with E-state index in [0.29, 0.717) is 0 Å². The number of hydrogen-bond donors (Lipinski definition) is 1. The van der Waals surface area contributed by atoms with Crippen molar-refractivity contribution in [3.05, 3.63) is 64.5 Å². The number of fused-ring (bicyclic) bond motifs is 1. The van der Waals surface area contributed by atoms with E-state index in [1.54, 1.807) is 0 Å². The van der Waals surface area contributed by atoms with Gasteiger partial charge < -0.3 is 5.32 Å². The van der Waals surface area contributed by atoms with Crippen molar-refractivity contribution in [2.75, 3.05) is 5.32 Å². The highest BCUT2D eigenvalue weighted by molar-refractivity contribution is 9.10. The van der Waals surface area contributed by atoms with E-state index in [1.807, 2.05) is 37.6 Å². The topological polar surface area (TPSA) is 37.8 Å². The van der Waals surface area contributed by atoms with Crippen molar-refractivity contribution >= 4 is 32.5 Å². The minimum atomic E-state index is 0.742. The number of anilines is 1. The Morgan fingerprint density at radius 2 is 2.05 bits per heavy atom. The third-order valence-electron chi connectivity index (χ3n) is 3.09. The number of aryl methyl sites for hydroxylation is 1. The lowest BCUT2D eigenvalue weighted by molar-refractivity contribution is 1.10. The van der Waals surface area contributed by atoms with Crippen LogP contribution >= 0.6 is 15.9 Å². The monoisotopic (exact) mass is 327 g/mol. The molecule has 20 heavy (non-hydrogen) atoms. The average molecular weight is 328 g/mol. The van der Waals surface area contributed by atoms with Gasteiger partial charge in [0, 0.05) is 35.0 Å². The standard InChI is InChI=1S/C16H14BrN3/c1-11-5-12(8-18-7-11)9-19-15-4-2-3-13-6-14(17)10-20-16(13)15/h2-8,10,19H,9H2,1H3. The summed E-state index contributed by atoms with van der Waals surface area (Å²) in [4.78, 5) is 8.69. The first kappa shape index (κ1) is 13.1. The molecule has 0 saturated carbocycles. The fourth-order valence-corrected chi connectivity index (χ4v) is 2.54. The predicted molar refractivity (Wildman–Crippen MR) is 85.7 cm³/mol. The van der Waals surface area contributed by atoms with Gasteiger partial charge in [-0.15, -0.1) is 0 Å². The summed E-state index contributed by atoms with van der Waals surface area (Å²) in [5, 5.41) is 4.55. The van der Waals surface area contributed by atoms with Crippen LogP contribution in [0.1, 0.15) is 11.1 Å². The smallest absolute Gasteiger partial charge is 0.0934 e. The molecule has 3 nitrogen and oxygen atoms in total. The minimum absolute atomic E-state index is 0.742. The van der Waals surface area contributed by atoms with Crippen LogP contribution in [-0.2, 0) is 6.54 Å². The molecule has 0 bridgehead atoms. The van der Waals surface area contributed by atoms with Crippen molar-refractivity contribution in [2.24, 2.45) is 0 Å². The first-order chi connectivity index (χ1) is 9.72. The predicted octanol–water partition coefficient (Wildman–Crippen LogP) is 4.31. The third-order valence-corrected chi connectivity index (χ3v) is 3.53. The van der Waals surface area contributed by atoms with Gasteiger partial charge in [-0.1, -0.05) is 18.2 Å². The molecule has 100 valence electrons. The van der Waals surface area contributed by atoms with Gasteiger partial charge in [0.2, 0.25) is 0 Å². The van der Waals surface area contributed by atoms with Crippen molar-refractivity contribution in [2.45, 2.75) is 13.5 Å². The summed E-state index contributed by atoms with van der Waals surface area (Å²) in [5.41, 5.74) is 4.36. The molecule has 2 aromatic heterocycles. The molecule has 0 saturated heterocycles. The van der Waals surface area contributed by atoms with Crippen LogP contribution in [0.4, 0.5) is 5.69 Å². The van der Waals surface area contributed by atoms with Crippen LogP contribution in [0, 0.1) is 6.92 Å². The van der Waals surface area contributed by atoms with Gasteiger partial charge in [-0.05, 0) is 46.1 Å². The molecular formula is C16H14BrN3. The molecule has 0 spiro atoms. The number of hydrogen-bond acceptors (Lipinski definition) is 3. The molecule has 0 aliphatic rings. The van der Waals surface area contributed by atoms with Crippen LogP contribution < -0.4 is 5.32 Å². The quantitative estimate of drug-likeness (QED) is 0.778. The van der Waals surface area contributed by atoms with E-state index in [4.69, 9.17) is 0 Å².